The molecule has 4 aromatic rings. The zero-order chi connectivity index (χ0) is 23.8. The van der Waals surface area contributed by atoms with Gasteiger partial charge in [-0.25, -0.2) is 9.79 Å². The van der Waals surface area contributed by atoms with Crippen LogP contribution in [0.5, 0.6) is 5.75 Å². The summed E-state index contributed by atoms with van der Waals surface area (Å²) in [5.41, 5.74) is 1.55. The number of hydrogen-bond acceptors (Lipinski definition) is 7. The van der Waals surface area contributed by atoms with E-state index >= 15 is 0 Å². The molecule has 0 spiro atoms. The van der Waals surface area contributed by atoms with Gasteiger partial charge in [0.25, 0.3) is 5.56 Å². The predicted molar refractivity (Wildman–Crippen MR) is 135 cm³/mol. The van der Waals surface area contributed by atoms with E-state index in [1.165, 1.54) is 11.3 Å². The maximum absolute atomic E-state index is 13.7. The van der Waals surface area contributed by atoms with Crippen molar-refractivity contribution >= 4 is 45.5 Å². The maximum atomic E-state index is 13.7. The molecule has 34 heavy (non-hydrogen) atoms. The quantitative estimate of drug-likeness (QED) is 0.396. The van der Waals surface area contributed by atoms with Crippen LogP contribution in [-0.4, -0.2) is 24.3 Å². The fraction of sp³-hybridized carbons (Fsp3) is 0.192. The molecule has 1 aliphatic rings. The van der Waals surface area contributed by atoms with Gasteiger partial charge in [-0.2, -0.15) is 0 Å². The van der Waals surface area contributed by atoms with Crippen molar-refractivity contribution in [3.63, 3.8) is 0 Å². The van der Waals surface area contributed by atoms with Crippen molar-refractivity contribution < 1.29 is 14.3 Å². The molecule has 2 aromatic carbocycles. The third-order valence-corrected chi connectivity index (χ3v) is 7.57. The number of fused-ring (bicyclic) bond motifs is 2. The summed E-state index contributed by atoms with van der Waals surface area (Å²) in [6, 6.07) is 14.9. The van der Waals surface area contributed by atoms with Gasteiger partial charge >= 0.3 is 5.97 Å². The minimum Gasteiger partial charge on any atom is -0.496 e. The lowest BCUT2D eigenvalue weighted by atomic mass is 9.91. The Bertz CT molecular complexity index is 1610. The Kier molecular flexibility index (Phi) is 5.93. The van der Waals surface area contributed by atoms with Crippen LogP contribution in [0.1, 0.15) is 30.3 Å². The van der Waals surface area contributed by atoms with E-state index in [4.69, 9.17) is 9.47 Å². The summed E-state index contributed by atoms with van der Waals surface area (Å²) in [6.45, 7) is 3.79. The van der Waals surface area contributed by atoms with Gasteiger partial charge in [0.2, 0.25) is 0 Å². The number of thiophene rings is 1. The highest BCUT2D eigenvalue weighted by atomic mass is 32.1. The molecule has 0 radical (unpaired) electrons. The second kappa shape index (κ2) is 9.04. The van der Waals surface area contributed by atoms with E-state index in [0.717, 1.165) is 27.0 Å². The molecular weight excluding hydrogens is 468 g/mol. The third kappa shape index (κ3) is 3.69. The fourth-order valence-corrected chi connectivity index (χ4v) is 6.07. The minimum absolute atomic E-state index is 0.184. The van der Waals surface area contributed by atoms with Crippen molar-refractivity contribution in [3.05, 3.63) is 95.3 Å². The van der Waals surface area contributed by atoms with Gasteiger partial charge in [0, 0.05) is 10.3 Å². The lowest BCUT2D eigenvalue weighted by Gasteiger charge is -2.26. The lowest BCUT2D eigenvalue weighted by Crippen LogP contribution is -2.40. The summed E-state index contributed by atoms with van der Waals surface area (Å²) in [4.78, 5) is 33.0. The largest absolute Gasteiger partial charge is 0.496 e. The molecule has 0 bridgehead atoms. The molecule has 0 N–H and O–H groups in total. The van der Waals surface area contributed by atoms with Gasteiger partial charge in [0.05, 0.1) is 35.6 Å². The predicted octanol–water partition coefficient (Wildman–Crippen LogP) is 4.02. The molecule has 0 fully saturated rings. The second-order valence-electron chi connectivity index (χ2n) is 7.72. The van der Waals surface area contributed by atoms with Gasteiger partial charge in [-0.1, -0.05) is 47.7 Å². The van der Waals surface area contributed by atoms with Crippen molar-refractivity contribution in [1.29, 1.82) is 0 Å². The number of carbonyl (C=O) groups excluding carboxylic acids is 1. The first kappa shape index (κ1) is 22.3. The van der Waals surface area contributed by atoms with Gasteiger partial charge < -0.3 is 9.47 Å². The van der Waals surface area contributed by atoms with Crippen LogP contribution < -0.4 is 19.6 Å². The van der Waals surface area contributed by atoms with Crippen LogP contribution in [0.3, 0.4) is 0 Å². The summed E-state index contributed by atoms with van der Waals surface area (Å²) in [5.74, 6) is 0.254. The molecule has 6 nitrogen and oxygen atoms in total. The normalized spacial score (nSPS) is 15.9. The number of ether oxygens (including phenoxy) is 2. The van der Waals surface area contributed by atoms with Crippen LogP contribution in [0, 0.1) is 0 Å². The van der Waals surface area contributed by atoms with Crippen LogP contribution >= 0.6 is 22.7 Å². The number of methoxy groups -OCH3 is 1. The number of thiazole rings is 1. The smallest absolute Gasteiger partial charge is 0.338 e. The average Bonchev–Trinajstić information content (AvgIpc) is 3.45. The Hall–Kier alpha value is -3.49. The number of hydrogen-bond donors (Lipinski definition) is 0. The number of aromatic nitrogens is 1. The molecule has 172 valence electrons. The molecular formula is C26H22N2O4S2. The average molecular weight is 491 g/mol. The van der Waals surface area contributed by atoms with Crippen molar-refractivity contribution in [2.24, 2.45) is 4.99 Å². The zero-order valence-corrected chi connectivity index (χ0v) is 20.5. The number of esters is 1. The molecule has 1 atom stereocenters. The SMILES string of the molecule is CCOC(=O)C1=C(C)N=c2s/c(=C\c3cccs3)c(=O)n2[C@@H]1c1ccc(OC)c2ccccc12. The van der Waals surface area contributed by atoms with Crippen LogP contribution in [0.25, 0.3) is 16.8 Å². The summed E-state index contributed by atoms with van der Waals surface area (Å²) < 4.78 is 13.2. The minimum atomic E-state index is -0.670. The molecule has 3 heterocycles. The summed E-state index contributed by atoms with van der Waals surface area (Å²) in [6.07, 6.45) is 1.88. The third-order valence-electron chi connectivity index (χ3n) is 5.77. The molecule has 0 amide bonds. The maximum Gasteiger partial charge on any atom is 0.338 e. The van der Waals surface area contributed by atoms with Crippen molar-refractivity contribution in [2.75, 3.05) is 13.7 Å². The van der Waals surface area contributed by atoms with Crippen LogP contribution in [-0.2, 0) is 9.53 Å². The highest BCUT2D eigenvalue weighted by Crippen LogP contribution is 2.37. The monoisotopic (exact) mass is 490 g/mol. The van der Waals surface area contributed by atoms with Gasteiger partial charge in [0.15, 0.2) is 4.80 Å². The summed E-state index contributed by atoms with van der Waals surface area (Å²) in [5, 5.41) is 3.77. The first-order valence-corrected chi connectivity index (χ1v) is 12.5. The molecule has 0 aliphatic carbocycles. The molecule has 2 aromatic heterocycles. The molecule has 1 aliphatic heterocycles. The van der Waals surface area contributed by atoms with E-state index in [9.17, 15) is 9.59 Å². The molecule has 0 unspecified atom stereocenters. The number of nitrogens with zero attached hydrogens (tertiary/aromatic N) is 2. The van der Waals surface area contributed by atoms with Crippen molar-refractivity contribution in [1.82, 2.24) is 4.57 Å². The second-order valence-corrected chi connectivity index (χ2v) is 9.71. The van der Waals surface area contributed by atoms with Crippen LogP contribution in [0.15, 0.2) is 75.0 Å². The van der Waals surface area contributed by atoms with Gasteiger partial charge in [-0.15, -0.1) is 11.3 Å². The Morgan fingerprint density at radius 3 is 2.65 bits per heavy atom. The number of benzene rings is 2. The van der Waals surface area contributed by atoms with E-state index < -0.39 is 12.0 Å². The van der Waals surface area contributed by atoms with E-state index in [1.54, 1.807) is 36.9 Å². The first-order chi connectivity index (χ1) is 16.5. The Morgan fingerprint density at radius 1 is 1.15 bits per heavy atom. The number of rotatable bonds is 5. The number of carbonyl (C=O) groups is 1. The lowest BCUT2D eigenvalue weighted by molar-refractivity contribution is -0.139. The number of allylic oxidation sites excluding steroid dienone is 1. The molecule has 8 heteroatoms. The zero-order valence-electron chi connectivity index (χ0n) is 18.9. The molecule has 0 saturated heterocycles. The molecule has 5 rings (SSSR count). The molecule has 0 saturated carbocycles. The Balaban J connectivity index is 1.83. The van der Waals surface area contributed by atoms with Crippen LogP contribution in [0.2, 0.25) is 0 Å². The first-order valence-electron chi connectivity index (χ1n) is 10.8. The highest BCUT2D eigenvalue weighted by Gasteiger charge is 2.34. The van der Waals surface area contributed by atoms with E-state index in [1.807, 2.05) is 60.0 Å². The fourth-order valence-electron chi connectivity index (χ4n) is 4.30. The summed E-state index contributed by atoms with van der Waals surface area (Å²) >= 11 is 2.89. The van der Waals surface area contributed by atoms with E-state index in [0.29, 0.717) is 20.6 Å². The Morgan fingerprint density at radius 2 is 1.94 bits per heavy atom. The highest BCUT2D eigenvalue weighted by molar-refractivity contribution is 7.11. The van der Waals surface area contributed by atoms with Gasteiger partial charge in [-0.05, 0) is 48.4 Å². The van der Waals surface area contributed by atoms with Crippen molar-refractivity contribution in [2.45, 2.75) is 19.9 Å². The standard InChI is InChI=1S/C26H22N2O4S2/c1-4-32-25(30)22-15(2)27-26-28(24(29)21(34-26)14-16-8-7-13-33-16)23(22)19-11-12-20(31-3)18-10-6-5-9-17(18)19/h5-14,23H,4H2,1-3H3/b21-14-/t23-/m1/s1. The van der Waals surface area contributed by atoms with Crippen molar-refractivity contribution in [3.8, 4) is 5.75 Å². The van der Waals surface area contributed by atoms with E-state index in [-0.39, 0.29) is 12.2 Å². The van der Waals surface area contributed by atoms with E-state index in [2.05, 4.69) is 4.99 Å². The van der Waals surface area contributed by atoms with Crippen LogP contribution in [0.4, 0.5) is 0 Å². The Labute approximate surface area is 203 Å². The van der Waals surface area contributed by atoms with Gasteiger partial charge in [-0.3, -0.25) is 9.36 Å². The summed E-state index contributed by atoms with van der Waals surface area (Å²) in [7, 11) is 1.63. The van der Waals surface area contributed by atoms with Gasteiger partial charge in [0.1, 0.15) is 5.75 Å². The topological polar surface area (TPSA) is 69.9 Å².